The van der Waals surface area contributed by atoms with E-state index in [0.29, 0.717) is 27.9 Å². The van der Waals surface area contributed by atoms with Crippen LogP contribution >= 0.6 is 11.8 Å². The molecule has 0 fully saturated rings. The number of carbonyl (C=O) groups excluding carboxylic acids is 2. The zero-order valence-electron chi connectivity index (χ0n) is 22.1. The second-order valence-corrected chi connectivity index (χ2v) is 10.1. The summed E-state index contributed by atoms with van der Waals surface area (Å²) >= 11 is 1.40. The fraction of sp³-hybridized carbons (Fsp3) is 0.194. The molecule has 9 heteroatoms. The first-order valence-electron chi connectivity index (χ1n) is 12.7. The van der Waals surface area contributed by atoms with Crippen LogP contribution in [0.4, 0.5) is 4.39 Å². The summed E-state index contributed by atoms with van der Waals surface area (Å²) in [5.74, 6) is -0.427. The monoisotopic (exact) mass is 557 g/mol. The number of ether oxygens (including phenoxy) is 2. The van der Waals surface area contributed by atoms with Gasteiger partial charge in [-0.1, -0.05) is 72.4 Å². The highest BCUT2D eigenvalue weighted by Gasteiger charge is 2.42. The molecule has 2 heterocycles. The summed E-state index contributed by atoms with van der Waals surface area (Å²) in [6.45, 7) is 2.18. The van der Waals surface area contributed by atoms with Gasteiger partial charge in [0.05, 0.1) is 30.8 Å². The Kier molecular flexibility index (Phi) is 8.31. The lowest BCUT2D eigenvalue weighted by Crippen LogP contribution is -2.38. The maximum atomic E-state index is 13.6. The number of halogens is 1. The first-order chi connectivity index (χ1) is 19.4. The zero-order valence-corrected chi connectivity index (χ0v) is 22.9. The number of nitrogens with one attached hydrogen (secondary N) is 1. The van der Waals surface area contributed by atoms with Crippen molar-refractivity contribution in [3.05, 3.63) is 124 Å². The summed E-state index contributed by atoms with van der Waals surface area (Å²) < 4.78 is 24.7. The predicted octanol–water partition coefficient (Wildman–Crippen LogP) is 5.86. The molecule has 40 heavy (non-hydrogen) atoms. The molecule has 0 aromatic heterocycles. The van der Waals surface area contributed by atoms with E-state index >= 15 is 0 Å². The Balaban J connectivity index is 1.41. The number of allylic oxidation sites excluding steroid dienone is 1. The lowest BCUT2D eigenvalue weighted by molar-refractivity contribution is -0.141. The molecule has 3 aromatic rings. The molecule has 0 unspecified atom stereocenters. The van der Waals surface area contributed by atoms with E-state index in [2.05, 4.69) is 5.32 Å². The number of fused-ring (bicyclic) bond motifs is 1. The Labute approximate surface area is 236 Å². The number of thioether (sulfide) groups is 1. The van der Waals surface area contributed by atoms with Crippen LogP contribution in [0.2, 0.25) is 0 Å². The fourth-order valence-electron chi connectivity index (χ4n) is 4.65. The zero-order chi connectivity index (χ0) is 28.1. The number of esters is 1. The van der Waals surface area contributed by atoms with Gasteiger partial charge in [-0.25, -0.2) is 14.2 Å². The van der Waals surface area contributed by atoms with E-state index in [1.807, 2.05) is 64.9 Å². The first-order valence-corrected chi connectivity index (χ1v) is 13.6. The largest absolute Gasteiger partial charge is 0.496 e. The summed E-state index contributed by atoms with van der Waals surface area (Å²) in [5.41, 5.74) is 4.03. The van der Waals surface area contributed by atoms with Gasteiger partial charge in [0.15, 0.2) is 5.17 Å². The molecule has 0 bridgehead atoms. The lowest BCUT2D eigenvalue weighted by Gasteiger charge is -2.36. The van der Waals surface area contributed by atoms with Gasteiger partial charge in [0.25, 0.3) is 0 Å². The molecule has 0 radical (unpaired) electrons. The molecule has 3 aromatic carbocycles. The van der Waals surface area contributed by atoms with Crippen molar-refractivity contribution in [2.45, 2.75) is 32.5 Å². The molecule has 0 saturated carbocycles. The van der Waals surface area contributed by atoms with Crippen molar-refractivity contribution >= 4 is 28.8 Å². The number of aliphatic imine (C=N–C) groups is 1. The van der Waals surface area contributed by atoms with Crippen molar-refractivity contribution in [1.29, 1.82) is 0 Å². The van der Waals surface area contributed by atoms with E-state index in [9.17, 15) is 14.0 Å². The van der Waals surface area contributed by atoms with Gasteiger partial charge in [0.2, 0.25) is 5.91 Å². The maximum absolute atomic E-state index is 13.6. The van der Waals surface area contributed by atoms with Crippen molar-refractivity contribution in [2.75, 3.05) is 7.11 Å². The predicted molar refractivity (Wildman–Crippen MR) is 152 cm³/mol. The molecule has 1 amide bonds. The number of carbonyl (C=O) groups is 2. The third-order valence-corrected chi connectivity index (χ3v) is 7.50. The molecule has 1 atom stereocenters. The molecule has 0 spiro atoms. The van der Waals surface area contributed by atoms with Crippen molar-refractivity contribution in [2.24, 2.45) is 4.99 Å². The average Bonchev–Trinajstić information content (AvgIpc) is 3.37. The Hall–Kier alpha value is -4.37. The highest BCUT2D eigenvalue weighted by atomic mass is 32.2. The van der Waals surface area contributed by atoms with Crippen LogP contribution in [0.3, 0.4) is 0 Å². The van der Waals surface area contributed by atoms with E-state index in [1.165, 1.54) is 23.9 Å². The number of nitrogens with zero attached hydrogens (tertiary/aromatic N) is 2. The van der Waals surface area contributed by atoms with Gasteiger partial charge >= 0.3 is 5.97 Å². The molecule has 204 valence electrons. The number of amides is 1. The Morgan fingerprint density at radius 2 is 1.73 bits per heavy atom. The standard InChI is InChI=1S/C31H28FN3O4S/c1-20-28(30(37)39-18-22-8-4-3-5-9-22)29(25-10-6-7-11-26(25)38-2)35-24(19-40-31(35)34-20)16-27(36)33-17-21-12-14-23(32)15-13-21/h3-15,19,29H,16-18H2,1-2H3,(H,33,36)/t29-/m1/s1. The average molecular weight is 558 g/mol. The summed E-state index contributed by atoms with van der Waals surface area (Å²) in [4.78, 5) is 33.2. The molecule has 1 N–H and O–H groups in total. The smallest absolute Gasteiger partial charge is 0.338 e. The normalized spacial score (nSPS) is 16.2. The second-order valence-electron chi connectivity index (χ2n) is 9.28. The number of benzene rings is 3. The summed E-state index contributed by atoms with van der Waals surface area (Å²) in [6.07, 6.45) is 0.0598. The Bertz CT molecular complexity index is 1500. The number of hydrogen-bond acceptors (Lipinski definition) is 7. The maximum Gasteiger partial charge on any atom is 0.338 e. The van der Waals surface area contributed by atoms with Gasteiger partial charge in [-0.05, 0) is 41.7 Å². The first kappa shape index (κ1) is 27.2. The highest BCUT2D eigenvalue weighted by Crippen LogP contribution is 2.46. The van der Waals surface area contributed by atoms with Crippen LogP contribution in [0.5, 0.6) is 5.75 Å². The van der Waals surface area contributed by atoms with Crippen LogP contribution in [-0.4, -0.2) is 29.1 Å². The third-order valence-electron chi connectivity index (χ3n) is 6.61. The van der Waals surface area contributed by atoms with E-state index in [4.69, 9.17) is 14.5 Å². The SMILES string of the molecule is COc1ccccc1[C@@H]1C(C(=O)OCc2ccccc2)=C(C)N=C2SC=C(CC(=O)NCc3ccc(F)cc3)N21. The van der Waals surface area contributed by atoms with E-state index in [0.717, 1.165) is 16.7 Å². The van der Waals surface area contributed by atoms with Crippen molar-refractivity contribution in [1.82, 2.24) is 10.2 Å². The van der Waals surface area contributed by atoms with Crippen LogP contribution in [-0.2, 0) is 27.5 Å². The van der Waals surface area contributed by atoms with Crippen LogP contribution < -0.4 is 10.1 Å². The van der Waals surface area contributed by atoms with Crippen LogP contribution in [0.1, 0.15) is 36.1 Å². The Morgan fingerprint density at radius 3 is 2.48 bits per heavy atom. The molecule has 2 aliphatic heterocycles. The quantitative estimate of drug-likeness (QED) is 0.332. The molecule has 5 rings (SSSR count). The molecular weight excluding hydrogens is 529 g/mol. The number of methoxy groups -OCH3 is 1. The fourth-order valence-corrected chi connectivity index (χ4v) is 5.61. The van der Waals surface area contributed by atoms with Gasteiger partial charge < -0.3 is 19.7 Å². The van der Waals surface area contributed by atoms with E-state index < -0.39 is 12.0 Å². The van der Waals surface area contributed by atoms with Crippen molar-refractivity contribution in [3.63, 3.8) is 0 Å². The minimum absolute atomic E-state index is 0.0598. The molecule has 2 aliphatic rings. The third kappa shape index (κ3) is 5.94. The van der Waals surface area contributed by atoms with Crippen LogP contribution in [0.25, 0.3) is 0 Å². The molecule has 0 saturated heterocycles. The van der Waals surface area contributed by atoms with Gasteiger partial charge in [-0.3, -0.25) is 4.79 Å². The van der Waals surface area contributed by atoms with Crippen LogP contribution in [0, 0.1) is 5.82 Å². The van der Waals surface area contributed by atoms with Gasteiger partial charge in [-0.2, -0.15) is 0 Å². The second kappa shape index (κ2) is 12.2. The summed E-state index contributed by atoms with van der Waals surface area (Å²) in [5, 5.41) is 5.43. The minimum atomic E-state index is -0.613. The van der Waals surface area contributed by atoms with Gasteiger partial charge in [0.1, 0.15) is 18.2 Å². The minimum Gasteiger partial charge on any atom is -0.496 e. The van der Waals surface area contributed by atoms with E-state index in [-0.39, 0.29) is 31.3 Å². The summed E-state index contributed by atoms with van der Waals surface area (Å²) in [6, 6.07) is 22.3. The number of para-hydroxylation sites is 1. The lowest BCUT2D eigenvalue weighted by atomic mass is 9.93. The molecule has 0 aliphatic carbocycles. The van der Waals surface area contributed by atoms with Crippen molar-refractivity contribution < 1.29 is 23.5 Å². The molecular formula is C31H28FN3O4S. The number of hydrogen-bond donors (Lipinski definition) is 1. The molecule has 7 nitrogen and oxygen atoms in total. The topological polar surface area (TPSA) is 80.2 Å². The summed E-state index contributed by atoms with van der Waals surface area (Å²) in [7, 11) is 1.58. The number of amidine groups is 1. The van der Waals surface area contributed by atoms with Gasteiger partial charge in [-0.15, -0.1) is 0 Å². The van der Waals surface area contributed by atoms with Crippen molar-refractivity contribution in [3.8, 4) is 5.75 Å². The van der Waals surface area contributed by atoms with E-state index in [1.54, 1.807) is 26.2 Å². The number of rotatable bonds is 9. The highest BCUT2D eigenvalue weighted by molar-refractivity contribution is 8.16. The van der Waals surface area contributed by atoms with Gasteiger partial charge in [0, 0.05) is 17.8 Å². The Morgan fingerprint density at radius 1 is 1.00 bits per heavy atom. The van der Waals surface area contributed by atoms with Crippen LogP contribution in [0.15, 0.2) is 106 Å².